The lowest BCUT2D eigenvalue weighted by molar-refractivity contribution is 0.0132. The first kappa shape index (κ1) is 14.0. The van der Waals surface area contributed by atoms with Gasteiger partial charge in [-0.25, -0.2) is 8.42 Å². The minimum absolute atomic E-state index is 0.182. The van der Waals surface area contributed by atoms with Crippen molar-refractivity contribution >= 4 is 15.5 Å². The fourth-order valence-corrected chi connectivity index (χ4v) is 1.80. The zero-order valence-electron chi connectivity index (χ0n) is 9.84. The van der Waals surface area contributed by atoms with E-state index in [2.05, 4.69) is 5.32 Å². The Morgan fingerprint density at radius 3 is 2.24 bits per heavy atom. The smallest absolute Gasteiger partial charge is 0.175 e. The van der Waals surface area contributed by atoms with Crippen molar-refractivity contribution in [3.05, 3.63) is 24.3 Å². The van der Waals surface area contributed by atoms with E-state index in [-0.39, 0.29) is 18.0 Å². The largest absolute Gasteiger partial charge is 0.393 e. The van der Waals surface area contributed by atoms with Crippen molar-refractivity contribution in [3.63, 3.8) is 0 Å². The van der Waals surface area contributed by atoms with Crippen molar-refractivity contribution in [2.45, 2.75) is 17.4 Å². The molecule has 0 aliphatic rings. The Hall–Kier alpha value is -1.11. The summed E-state index contributed by atoms with van der Waals surface area (Å²) >= 11 is 0. The minimum atomic E-state index is -3.18. The highest BCUT2D eigenvalue weighted by Crippen LogP contribution is 2.14. The van der Waals surface area contributed by atoms with E-state index < -0.39 is 15.4 Å². The number of rotatable bonds is 5. The second kappa shape index (κ2) is 5.03. The number of aliphatic hydroxyl groups excluding tert-OH is 1. The van der Waals surface area contributed by atoms with Crippen LogP contribution in [0.15, 0.2) is 29.2 Å². The van der Waals surface area contributed by atoms with Crippen LogP contribution in [0.1, 0.15) is 6.92 Å². The zero-order chi connectivity index (χ0) is 13.1. The molecule has 0 heterocycles. The van der Waals surface area contributed by atoms with E-state index in [9.17, 15) is 13.5 Å². The van der Waals surface area contributed by atoms with Crippen LogP contribution in [0.3, 0.4) is 0 Å². The molecule has 96 valence electrons. The highest BCUT2D eigenvalue weighted by Gasteiger charge is 2.18. The van der Waals surface area contributed by atoms with Crippen LogP contribution in [0.5, 0.6) is 0 Å². The Balaban J connectivity index is 2.70. The van der Waals surface area contributed by atoms with Gasteiger partial charge < -0.3 is 15.5 Å². The lowest BCUT2D eigenvalue weighted by Crippen LogP contribution is -2.37. The molecule has 0 aromatic heterocycles. The van der Waals surface area contributed by atoms with Crippen molar-refractivity contribution in [2.75, 3.05) is 24.7 Å². The third-order valence-electron chi connectivity index (χ3n) is 2.30. The summed E-state index contributed by atoms with van der Waals surface area (Å²) in [5.74, 6) is 0. The SMILES string of the molecule is CC(O)(CO)CNc1ccc(S(C)(=O)=O)cc1. The van der Waals surface area contributed by atoms with Gasteiger partial charge in [-0.15, -0.1) is 0 Å². The minimum Gasteiger partial charge on any atom is -0.393 e. The second-order valence-electron chi connectivity index (χ2n) is 4.31. The summed E-state index contributed by atoms with van der Waals surface area (Å²) in [6.45, 7) is 1.34. The highest BCUT2D eigenvalue weighted by atomic mass is 32.2. The van der Waals surface area contributed by atoms with E-state index in [1.807, 2.05) is 0 Å². The van der Waals surface area contributed by atoms with Gasteiger partial charge in [-0.05, 0) is 31.2 Å². The van der Waals surface area contributed by atoms with E-state index >= 15 is 0 Å². The number of aliphatic hydroxyl groups is 2. The average Bonchev–Trinajstić information content (AvgIpc) is 2.26. The van der Waals surface area contributed by atoms with Crippen LogP contribution >= 0.6 is 0 Å². The molecule has 0 fully saturated rings. The summed E-state index contributed by atoms with van der Waals surface area (Å²) in [6, 6.07) is 6.21. The zero-order valence-corrected chi connectivity index (χ0v) is 10.7. The van der Waals surface area contributed by atoms with Gasteiger partial charge in [0.15, 0.2) is 9.84 Å². The van der Waals surface area contributed by atoms with Crippen molar-refractivity contribution in [1.29, 1.82) is 0 Å². The lowest BCUT2D eigenvalue weighted by atomic mass is 10.1. The lowest BCUT2D eigenvalue weighted by Gasteiger charge is -2.21. The van der Waals surface area contributed by atoms with Gasteiger partial charge in [0.05, 0.1) is 11.5 Å². The molecule has 3 N–H and O–H groups in total. The summed E-state index contributed by atoms with van der Waals surface area (Å²) in [5, 5.41) is 21.3. The molecule has 0 saturated heterocycles. The Kier molecular flexibility index (Phi) is 4.13. The number of sulfone groups is 1. The fourth-order valence-electron chi connectivity index (χ4n) is 1.17. The summed E-state index contributed by atoms with van der Waals surface area (Å²) in [7, 11) is -3.18. The van der Waals surface area contributed by atoms with Crippen LogP contribution in [0, 0.1) is 0 Å². The van der Waals surface area contributed by atoms with Gasteiger partial charge in [0, 0.05) is 18.5 Å². The van der Waals surface area contributed by atoms with Gasteiger partial charge in [-0.1, -0.05) is 0 Å². The summed E-state index contributed by atoms with van der Waals surface area (Å²) in [5.41, 5.74) is -0.513. The van der Waals surface area contributed by atoms with Gasteiger partial charge in [0.25, 0.3) is 0 Å². The van der Waals surface area contributed by atoms with Crippen LogP contribution in [0.4, 0.5) is 5.69 Å². The molecule has 17 heavy (non-hydrogen) atoms. The first-order valence-electron chi connectivity index (χ1n) is 5.12. The molecular weight excluding hydrogens is 242 g/mol. The van der Waals surface area contributed by atoms with Crippen molar-refractivity contribution in [3.8, 4) is 0 Å². The van der Waals surface area contributed by atoms with E-state index in [4.69, 9.17) is 5.11 Å². The second-order valence-corrected chi connectivity index (χ2v) is 6.32. The molecule has 5 nitrogen and oxygen atoms in total. The molecule has 1 aromatic carbocycles. The first-order valence-corrected chi connectivity index (χ1v) is 7.01. The van der Waals surface area contributed by atoms with E-state index in [0.717, 1.165) is 6.26 Å². The molecule has 6 heteroatoms. The molecule has 0 radical (unpaired) electrons. The summed E-state index contributed by atoms with van der Waals surface area (Å²) in [6.07, 6.45) is 1.14. The first-order chi connectivity index (χ1) is 7.74. The number of hydrogen-bond acceptors (Lipinski definition) is 5. The molecule has 1 aromatic rings. The van der Waals surface area contributed by atoms with Gasteiger partial charge in [-0.3, -0.25) is 0 Å². The molecule has 1 atom stereocenters. The maximum atomic E-state index is 11.2. The molecule has 0 saturated carbocycles. The van der Waals surface area contributed by atoms with Crippen molar-refractivity contribution in [1.82, 2.24) is 0 Å². The Bertz CT molecular complexity index is 465. The molecule has 0 spiro atoms. The molecule has 1 rings (SSSR count). The monoisotopic (exact) mass is 259 g/mol. The van der Waals surface area contributed by atoms with E-state index in [1.54, 1.807) is 12.1 Å². The standard InChI is InChI=1S/C11H17NO4S/c1-11(14,8-13)7-12-9-3-5-10(6-4-9)17(2,15)16/h3-6,12-14H,7-8H2,1-2H3. The summed E-state index contributed by atoms with van der Waals surface area (Å²) in [4.78, 5) is 0.247. The molecule has 0 aliphatic heterocycles. The number of hydrogen-bond donors (Lipinski definition) is 3. The van der Waals surface area contributed by atoms with Gasteiger partial charge in [0.2, 0.25) is 0 Å². The molecule has 1 unspecified atom stereocenters. The predicted molar refractivity (Wildman–Crippen MR) is 65.8 cm³/mol. The Morgan fingerprint density at radius 2 is 1.82 bits per heavy atom. The third kappa shape index (κ3) is 4.33. The van der Waals surface area contributed by atoms with Crippen molar-refractivity contribution in [2.24, 2.45) is 0 Å². The maximum absolute atomic E-state index is 11.2. The fraction of sp³-hybridized carbons (Fsp3) is 0.455. The van der Waals surface area contributed by atoms with E-state index in [1.165, 1.54) is 19.1 Å². The highest BCUT2D eigenvalue weighted by molar-refractivity contribution is 7.90. The number of nitrogens with one attached hydrogen (secondary N) is 1. The average molecular weight is 259 g/mol. The van der Waals surface area contributed by atoms with Crippen LogP contribution in [-0.2, 0) is 9.84 Å². The molecule has 0 aliphatic carbocycles. The molecule has 0 bridgehead atoms. The van der Waals surface area contributed by atoms with E-state index in [0.29, 0.717) is 5.69 Å². The van der Waals surface area contributed by atoms with Crippen LogP contribution in [-0.4, -0.2) is 43.6 Å². The van der Waals surface area contributed by atoms with Gasteiger partial charge >= 0.3 is 0 Å². The number of benzene rings is 1. The quantitative estimate of drug-likeness (QED) is 0.705. The molecule has 0 amide bonds. The maximum Gasteiger partial charge on any atom is 0.175 e. The number of anilines is 1. The molecular formula is C11H17NO4S. The third-order valence-corrected chi connectivity index (χ3v) is 3.42. The van der Waals surface area contributed by atoms with Gasteiger partial charge in [0.1, 0.15) is 5.60 Å². The van der Waals surface area contributed by atoms with Gasteiger partial charge in [-0.2, -0.15) is 0 Å². The van der Waals surface area contributed by atoms with Crippen LogP contribution < -0.4 is 5.32 Å². The van der Waals surface area contributed by atoms with Crippen LogP contribution in [0.2, 0.25) is 0 Å². The summed E-state index contributed by atoms with van der Waals surface area (Å²) < 4.78 is 22.4. The predicted octanol–water partition coefficient (Wildman–Crippen LogP) is 0.245. The Morgan fingerprint density at radius 1 is 1.29 bits per heavy atom. The topological polar surface area (TPSA) is 86.6 Å². The Labute approximate surface area is 101 Å². The van der Waals surface area contributed by atoms with Crippen LogP contribution in [0.25, 0.3) is 0 Å². The van der Waals surface area contributed by atoms with Crippen molar-refractivity contribution < 1.29 is 18.6 Å². The normalized spacial score (nSPS) is 15.3.